The number of esters is 1. The third kappa shape index (κ3) is 10.4. The summed E-state index contributed by atoms with van der Waals surface area (Å²) >= 11 is 0. The molecule has 7 nitrogen and oxygen atoms in total. The van der Waals surface area contributed by atoms with Crippen molar-refractivity contribution in [2.75, 3.05) is 40.0 Å². The highest BCUT2D eigenvalue weighted by molar-refractivity contribution is 5.76. The van der Waals surface area contributed by atoms with Crippen molar-refractivity contribution in [1.29, 1.82) is 0 Å². The molecule has 1 heterocycles. The minimum Gasteiger partial charge on any atom is -0.458 e. The number of carbonyl (C=O) groups excluding carboxylic acids is 1. The molecule has 0 bridgehead atoms. The fourth-order valence-corrected chi connectivity index (χ4v) is 8.45. The van der Waals surface area contributed by atoms with Crippen LogP contribution >= 0.6 is 0 Å². The van der Waals surface area contributed by atoms with Crippen LogP contribution in [0.1, 0.15) is 57.9 Å². The second kappa shape index (κ2) is 20.5. The molecule has 0 spiro atoms. The number of rotatable bonds is 18. The summed E-state index contributed by atoms with van der Waals surface area (Å²) in [6.45, 7) is 6.00. The molecule has 7 heteroatoms. The standard InChI is InChI=1S/C52H55NO6/c1-39(35-56-2)36-57-37-41-28-30-42(31-29-41)49-44(38-58-52(45-22-12-5-13-23-45,46-24-14-6-15-25-46)47-26-16-7-17-27-47)33-53(32-40-18-8-3-9-19-40)34-48(49)59-51(55)50(54)43-20-10-4-11-21-43/h3-31,39,44,48-50,54H,32-38H2,1-2H3/t39-,44-,48-,49-,50?/m0/s1. The summed E-state index contributed by atoms with van der Waals surface area (Å²) in [6.07, 6.45) is -2.01. The first-order valence-electron chi connectivity index (χ1n) is 20.6. The van der Waals surface area contributed by atoms with Crippen molar-refractivity contribution < 1.29 is 28.8 Å². The molecule has 7 rings (SSSR count). The first kappa shape index (κ1) is 41.7. The van der Waals surface area contributed by atoms with Crippen molar-refractivity contribution >= 4 is 5.97 Å². The van der Waals surface area contributed by atoms with E-state index < -0.39 is 23.8 Å². The van der Waals surface area contributed by atoms with Gasteiger partial charge in [-0.2, -0.15) is 0 Å². The van der Waals surface area contributed by atoms with E-state index in [1.54, 1.807) is 19.2 Å². The number of piperidine rings is 1. The van der Waals surface area contributed by atoms with Gasteiger partial charge in [0.05, 0.1) is 26.4 Å². The molecule has 0 aliphatic carbocycles. The normalized spacial score (nSPS) is 18.2. The predicted molar refractivity (Wildman–Crippen MR) is 232 cm³/mol. The number of aliphatic hydroxyl groups excluding tert-OH is 1. The Labute approximate surface area is 349 Å². The van der Waals surface area contributed by atoms with Gasteiger partial charge in [0.15, 0.2) is 6.10 Å². The summed E-state index contributed by atoms with van der Waals surface area (Å²) in [6, 6.07) is 59.0. The largest absolute Gasteiger partial charge is 0.458 e. The van der Waals surface area contributed by atoms with Crippen molar-refractivity contribution in [3.63, 3.8) is 0 Å². The Morgan fingerprint density at radius 1 is 0.678 bits per heavy atom. The van der Waals surface area contributed by atoms with Gasteiger partial charge in [0.1, 0.15) is 11.7 Å². The number of likely N-dealkylation sites (tertiary alicyclic amines) is 1. The van der Waals surface area contributed by atoms with Gasteiger partial charge in [0, 0.05) is 44.5 Å². The average molecular weight is 790 g/mol. The van der Waals surface area contributed by atoms with Crippen LogP contribution in [0.25, 0.3) is 0 Å². The van der Waals surface area contributed by atoms with Crippen LogP contribution in [-0.2, 0) is 42.5 Å². The number of nitrogens with zero attached hydrogens (tertiary/aromatic N) is 1. The minimum absolute atomic E-state index is 0.133. The third-order valence-electron chi connectivity index (χ3n) is 11.2. The van der Waals surface area contributed by atoms with E-state index in [0.717, 1.165) is 33.4 Å². The quantitative estimate of drug-likeness (QED) is 0.0687. The molecule has 1 N–H and O–H groups in total. The Bertz CT molecular complexity index is 2040. The Kier molecular flexibility index (Phi) is 14.5. The molecule has 0 saturated carbocycles. The van der Waals surface area contributed by atoms with E-state index in [1.165, 1.54) is 0 Å². The molecular weight excluding hydrogens is 735 g/mol. The summed E-state index contributed by atoms with van der Waals surface area (Å²) < 4.78 is 25.3. The smallest absolute Gasteiger partial charge is 0.339 e. The zero-order valence-electron chi connectivity index (χ0n) is 34.0. The number of hydrogen-bond acceptors (Lipinski definition) is 7. The topological polar surface area (TPSA) is 77.5 Å². The summed E-state index contributed by atoms with van der Waals surface area (Å²) in [4.78, 5) is 16.3. The zero-order chi connectivity index (χ0) is 40.9. The molecule has 1 aliphatic rings. The Morgan fingerprint density at radius 3 is 1.75 bits per heavy atom. The molecule has 1 fully saturated rings. The van der Waals surface area contributed by atoms with E-state index in [0.29, 0.717) is 51.6 Å². The number of ether oxygens (including phenoxy) is 4. The van der Waals surface area contributed by atoms with Gasteiger partial charge in [-0.15, -0.1) is 0 Å². The van der Waals surface area contributed by atoms with Gasteiger partial charge in [-0.3, -0.25) is 4.90 Å². The molecule has 0 aromatic heterocycles. The summed E-state index contributed by atoms with van der Waals surface area (Å²) in [5, 5.41) is 11.3. The van der Waals surface area contributed by atoms with Crippen LogP contribution in [-0.4, -0.2) is 62.1 Å². The average Bonchev–Trinajstić information content (AvgIpc) is 3.28. The summed E-state index contributed by atoms with van der Waals surface area (Å²) in [5.41, 5.74) is 5.86. The van der Waals surface area contributed by atoms with Gasteiger partial charge < -0.3 is 24.1 Å². The monoisotopic (exact) mass is 789 g/mol. The van der Waals surface area contributed by atoms with Gasteiger partial charge in [0.25, 0.3) is 0 Å². The summed E-state index contributed by atoms with van der Waals surface area (Å²) in [5.74, 6) is -0.773. The molecule has 6 aromatic rings. The van der Waals surface area contributed by atoms with Crippen molar-refractivity contribution in [1.82, 2.24) is 4.90 Å². The highest BCUT2D eigenvalue weighted by atomic mass is 16.6. The first-order chi connectivity index (χ1) is 28.9. The SMILES string of the molecule is COC[C@H](C)COCc1ccc([C@H]2[C@H](COC(c3ccccc3)(c3ccccc3)c3ccccc3)CN(Cc3ccccc3)C[C@@H]2OC(=O)C(O)c2ccccc2)cc1. The first-order valence-corrected chi connectivity index (χ1v) is 20.6. The highest BCUT2D eigenvalue weighted by Crippen LogP contribution is 2.43. The third-order valence-corrected chi connectivity index (χ3v) is 11.2. The van der Waals surface area contributed by atoms with Gasteiger partial charge in [-0.05, 0) is 38.9 Å². The molecule has 6 aromatic carbocycles. The molecular formula is C52H55NO6. The van der Waals surface area contributed by atoms with E-state index in [-0.39, 0.29) is 17.8 Å². The Morgan fingerprint density at radius 2 is 1.20 bits per heavy atom. The summed E-state index contributed by atoms with van der Waals surface area (Å²) in [7, 11) is 1.71. The number of hydrogen-bond donors (Lipinski definition) is 1. The van der Waals surface area contributed by atoms with Crippen LogP contribution in [0.2, 0.25) is 0 Å². The molecule has 1 unspecified atom stereocenters. The van der Waals surface area contributed by atoms with E-state index in [4.69, 9.17) is 18.9 Å². The number of carbonyl (C=O) groups is 1. The molecule has 59 heavy (non-hydrogen) atoms. The lowest BCUT2D eigenvalue weighted by Gasteiger charge is -2.45. The molecule has 0 amide bonds. The number of methoxy groups -OCH3 is 1. The Hall–Kier alpha value is -5.41. The lowest BCUT2D eigenvalue weighted by molar-refractivity contribution is -0.166. The lowest BCUT2D eigenvalue weighted by atomic mass is 9.77. The van der Waals surface area contributed by atoms with E-state index in [1.807, 2.05) is 54.6 Å². The molecule has 1 aliphatic heterocycles. The van der Waals surface area contributed by atoms with Crippen LogP contribution in [0.4, 0.5) is 0 Å². The molecule has 1 saturated heterocycles. The highest BCUT2D eigenvalue weighted by Gasteiger charge is 2.44. The molecule has 5 atom stereocenters. The van der Waals surface area contributed by atoms with Crippen LogP contribution < -0.4 is 0 Å². The number of aliphatic hydroxyl groups is 1. The Balaban J connectivity index is 1.28. The van der Waals surface area contributed by atoms with Gasteiger partial charge in [0.2, 0.25) is 0 Å². The molecule has 0 radical (unpaired) electrons. The van der Waals surface area contributed by atoms with Crippen LogP contribution in [0.15, 0.2) is 176 Å². The lowest BCUT2D eigenvalue weighted by Crippen LogP contribution is -2.51. The number of benzene rings is 6. The second-order valence-corrected chi connectivity index (χ2v) is 15.7. The maximum atomic E-state index is 14.0. The van der Waals surface area contributed by atoms with Crippen LogP contribution in [0, 0.1) is 11.8 Å². The van der Waals surface area contributed by atoms with E-state index in [9.17, 15) is 9.90 Å². The minimum atomic E-state index is -1.42. The van der Waals surface area contributed by atoms with Crippen LogP contribution in [0.5, 0.6) is 0 Å². The van der Waals surface area contributed by atoms with Gasteiger partial charge in [-0.1, -0.05) is 183 Å². The van der Waals surface area contributed by atoms with Gasteiger partial charge in [-0.25, -0.2) is 4.79 Å². The zero-order valence-corrected chi connectivity index (χ0v) is 34.0. The maximum Gasteiger partial charge on any atom is 0.339 e. The van der Waals surface area contributed by atoms with Crippen molar-refractivity contribution in [2.45, 2.75) is 43.8 Å². The fourth-order valence-electron chi connectivity index (χ4n) is 8.45. The van der Waals surface area contributed by atoms with E-state index in [2.05, 4.69) is 121 Å². The van der Waals surface area contributed by atoms with Gasteiger partial charge >= 0.3 is 5.97 Å². The van der Waals surface area contributed by atoms with Crippen molar-refractivity contribution in [2.24, 2.45) is 11.8 Å². The van der Waals surface area contributed by atoms with Crippen molar-refractivity contribution in [3.05, 3.63) is 215 Å². The molecule has 304 valence electrons. The van der Waals surface area contributed by atoms with Crippen molar-refractivity contribution in [3.8, 4) is 0 Å². The maximum absolute atomic E-state index is 14.0. The second-order valence-electron chi connectivity index (χ2n) is 15.7. The van der Waals surface area contributed by atoms with E-state index >= 15 is 0 Å². The predicted octanol–water partition coefficient (Wildman–Crippen LogP) is 9.36. The van der Waals surface area contributed by atoms with Crippen LogP contribution in [0.3, 0.4) is 0 Å². The fraction of sp³-hybridized carbons (Fsp3) is 0.288.